The van der Waals surface area contributed by atoms with Crippen LogP contribution < -0.4 is 0 Å². The van der Waals surface area contributed by atoms with E-state index in [9.17, 15) is 9.59 Å². The normalized spacial score (nSPS) is 19.3. The maximum atomic E-state index is 13.4. The quantitative estimate of drug-likeness (QED) is 0.706. The van der Waals surface area contributed by atoms with E-state index in [-0.39, 0.29) is 11.9 Å². The second-order valence-corrected chi connectivity index (χ2v) is 8.11. The van der Waals surface area contributed by atoms with Crippen LogP contribution in [0.4, 0.5) is 4.79 Å². The molecule has 0 unspecified atom stereocenters. The predicted molar refractivity (Wildman–Crippen MR) is 112 cm³/mol. The molecule has 0 aliphatic carbocycles. The molecule has 1 spiro atoms. The Bertz CT molecular complexity index is 889. The molecule has 0 saturated carbocycles. The van der Waals surface area contributed by atoms with Crippen LogP contribution in [-0.2, 0) is 22.6 Å². The summed E-state index contributed by atoms with van der Waals surface area (Å²) in [6, 6.07) is 9.66. The SMILES string of the molecule is COCCN1C(=O)N(Cc2ccccc2)C2(CCN(Cc3cnc(C)[nH]3)CC2)C1=O. The van der Waals surface area contributed by atoms with Gasteiger partial charge in [-0.15, -0.1) is 0 Å². The molecule has 2 fully saturated rings. The molecule has 30 heavy (non-hydrogen) atoms. The summed E-state index contributed by atoms with van der Waals surface area (Å²) >= 11 is 0. The number of carbonyl (C=O) groups is 2. The van der Waals surface area contributed by atoms with Gasteiger partial charge in [0, 0.05) is 45.2 Å². The van der Waals surface area contributed by atoms with Crippen LogP contribution in [0, 0.1) is 6.92 Å². The highest BCUT2D eigenvalue weighted by atomic mass is 16.5. The summed E-state index contributed by atoms with van der Waals surface area (Å²) in [7, 11) is 1.58. The number of likely N-dealkylation sites (tertiary alicyclic amines) is 1. The van der Waals surface area contributed by atoms with Crippen molar-refractivity contribution in [3.63, 3.8) is 0 Å². The van der Waals surface area contributed by atoms with Crippen LogP contribution in [0.5, 0.6) is 0 Å². The van der Waals surface area contributed by atoms with Gasteiger partial charge < -0.3 is 14.6 Å². The van der Waals surface area contributed by atoms with E-state index in [1.54, 1.807) is 12.0 Å². The monoisotopic (exact) mass is 411 g/mol. The Labute approximate surface area is 176 Å². The zero-order chi connectivity index (χ0) is 21.1. The lowest BCUT2D eigenvalue weighted by Gasteiger charge is -2.42. The van der Waals surface area contributed by atoms with Crippen molar-refractivity contribution in [1.82, 2.24) is 24.7 Å². The van der Waals surface area contributed by atoms with Gasteiger partial charge in [-0.05, 0) is 25.3 Å². The predicted octanol–water partition coefficient (Wildman–Crippen LogP) is 2.16. The maximum absolute atomic E-state index is 13.4. The molecule has 0 radical (unpaired) electrons. The molecule has 0 atom stereocenters. The van der Waals surface area contributed by atoms with Crippen molar-refractivity contribution in [3.05, 3.63) is 53.6 Å². The zero-order valence-corrected chi connectivity index (χ0v) is 17.6. The molecule has 8 nitrogen and oxygen atoms in total. The number of aryl methyl sites for hydroxylation is 1. The van der Waals surface area contributed by atoms with E-state index in [0.29, 0.717) is 32.5 Å². The molecule has 1 aromatic heterocycles. The number of piperidine rings is 1. The van der Waals surface area contributed by atoms with Gasteiger partial charge in [0.1, 0.15) is 11.4 Å². The first-order valence-electron chi connectivity index (χ1n) is 10.4. The molecule has 2 aliphatic heterocycles. The molecule has 4 rings (SSSR count). The number of rotatable bonds is 7. The smallest absolute Gasteiger partial charge is 0.328 e. The number of hydrogen-bond donors (Lipinski definition) is 1. The summed E-state index contributed by atoms with van der Waals surface area (Å²) in [6.45, 7) is 5.28. The van der Waals surface area contributed by atoms with E-state index < -0.39 is 5.54 Å². The fourth-order valence-corrected chi connectivity index (χ4v) is 4.50. The van der Waals surface area contributed by atoms with E-state index in [0.717, 1.165) is 36.7 Å². The van der Waals surface area contributed by atoms with Crippen LogP contribution >= 0.6 is 0 Å². The van der Waals surface area contributed by atoms with E-state index in [4.69, 9.17) is 4.74 Å². The number of imide groups is 1. The Hall–Kier alpha value is -2.71. The Kier molecular flexibility index (Phi) is 5.87. The molecule has 1 N–H and O–H groups in total. The lowest BCUT2D eigenvalue weighted by molar-refractivity contribution is -0.136. The number of carbonyl (C=O) groups excluding carboxylic acids is 2. The van der Waals surface area contributed by atoms with E-state index >= 15 is 0 Å². The fraction of sp³-hybridized carbons (Fsp3) is 0.500. The highest BCUT2D eigenvalue weighted by molar-refractivity contribution is 6.07. The number of nitrogens with zero attached hydrogens (tertiary/aromatic N) is 4. The van der Waals surface area contributed by atoms with Gasteiger partial charge in [-0.2, -0.15) is 0 Å². The third-order valence-corrected chi connectivity index (χ3v) is 6.16. The number of urea groups is 1. The summed E-state index contributed by atoms with van der Waals surface area (Å²) < 4.78 is 5.13. The number of aromatic nitrogens is 2. The summed E-state index contributed by atoms with van der Waals surface area (Å²) in [5.74, 6) is 0.815. The minimum Gasteiger partial charge on any atom is -0.383 e. The first-order valence-corrected chi connectivity index (χ1v) is 10.4. The summed E-state index contributed by atoms with van der Waals surface area (Å²) in [4.78, 5) is 39.7. The van der Waals surface area contributed by atoms with Crippen LogP contribution in [0.3, 0.4) is 0 Å². The molecular weight excluding hydrogens is 382 g/mol. The first-order chi connectivity index (χ1) is 14.5. The lowest BCUT2D eigenvalue weighted by atomic mass is 9.85. The first kappa shape index (κ1) is 20.6. The number of amides is 3. The summed E-state index contributed by atoms with van der Waals surface area (Å²) in [5.41, 5.74) is 1.32. The average molecular weight is 412 g/mol. The van der Waals surface area contributed by atoms with E-state index in [1.807, 2.05) is 43.5 Å². The van der Waals surface area contributed by atoms with Crippen molar-refractivity contribution in [1.29, 1.82) is 0 Å². The number of methoxy groups -OCH3 is 1. The minimum atomic E-state index is -0.777. The Morgan fingerprint density at radius 3 is 2.50 bits per heavy atom. The second-order valence-electron chi connectivity index (χ2n) is 8.11. The number of ether oxygens (including phenoxy) is 1. The largest absolute Gasteiger partial charge is 0.383 e. The Morgan fingerprint density at radius 1 is 1.13 bits per heavy atom. The molecule has 2 aromatic rings. The molecule has 3 amide bonds. The highest BCUT2D eigenvalue weighted by Crippen LogP contribution is 2.38. The molecule has 1 aromatic carbocycles. The number of hydrogen-bond acceptors (Lipinski definition) is 5. The molecule has 0 bridgehead atoms. The zero-order valence-electron chi connectivity index (χ0n) is 17.6. The highest BCUT2D eigenvalue weighted by Gasteiger charge is 2.57. The van der Waals surface area contributed by atoms with Gasteiger partial charge >= 0.3 is 6.03 Å². The minimum absolute atomic E-state index is 0.0856. The Morgan fingerprint density at radius 2 is 1.87 bits per heavy atom. The van der Waals surface area contributed by atoms with E-state index in [1.165, 1.54) is 4.90 Å². The molecule has 2 saturated heterocycles. The number of benzene rings is 1. The number of nitrogens with one attached hydrogen (secondary N) is 1. The van der Waals surface area contributed by atoms with E-state index in [2.05, 4.69) is 14.9 Å². The third kappa shape index (κ3) is 3.85. The van der Waals surface area contributed by atoms with Gasteiger partial charge in [-0.25, -0.2) is 9.78 Å². The van der Waals surface area contributed by atoms with Crippen molar-refractivity contribution in [2.45, 2.75) is 38.4 Å². The molecule has 2 aliphatic rings. The van der Waals surface area contributed by atoms with Gasteiger partial charge in [0.25, 0.3) is 5.91 Å². The Balaban J connectivity index is 1.53. The molecule has 160 valence electrons. The standard InChI is InChI=1S/C22H29N5O3/c1-17-23-14-19(24-17)16-25-10-8-22(9-11-25)20(28)26(12-13-30-2)21(29)27(22)15-18-6-4-3-5-7-18/h3-7,14H,8-13,15-16H2,1-2H3,(H,23,24). The van der Waals surface area contributed by atoms with Crippen molar-refractivity contribution < 1.29 is 14.3 Å². The van der Waals surface area contributed by atoms with Gasteiger partial charge in [0.15, 0.2) is 0 Å². The molecule has 3 heterocycles. The average Bonchev–Trinajstić information content (AvgIpc) is 3.24. The van der Waals surface area contributed by atoms with Crippen molar-refractivity contribution in [2.24, 2.45) is 0 Å². The van der Waals surface area contributed by atoms with Crippen LogP contribution in [0.1, 0.15) is 29.9 Å². The summed E-state index contributed by atoms with van der Waals surface area (Å²) in [6.07, 6.45) is 3.11. The van der Waals surface area contributed by atoms with Gasteiger partial charge in [0.2, 0.25) is 0 Å². The van der Waals surface area contributed by atoms with Gasteiger partial charge in [-0.1, -0.05) is 30.3 Å². The van der Waals surface area contributed by atoms with Gasteiger partial charge in [-0.3, -0.25) is 14.6 Å². The molecule has 8 heteroatoms. The van der Waals surface area contributed by atoms with Crippen molar-refractivity contribution in [3.8, 4) is 0 Å². The maximum Gasteiger partial charge on any atom is 0.328 e. The third-order valence-electron chi connectivity index (χ3n) is 6.16. The number of imidazole rings is 1. The summed E-state index contributed by atoms with van der Waals surface area (Å²) in [5, 5.41) is 0. The van der Waals surface area contributed by atoms with Gasteiger partial charge in [0.05, 0.1) is 13.2 Å². The van der Waals surface area contributed by atoms with Crippen molar-refractivity contribution in [2.75, 3.05) is 33.4 Å². The van der Waals surface area contributed by atoms with Crippen LogP contribution in [0.15, 0.2) is 36.5 Å². The lowest BCUT2D eigenvalue weighted by Crippen LogP contribution is -2.56. The topological polar surface area (TPSA) is 81.8 Å². The molecular formula is C22H29N5O3. The van der Waals surface area contributed by atoms with Crippen LogP contribution in [0.25, 0.3) is 0 Å². The number of aromatic amines is 1. The van der Waals surface area contributed by atoms with Crippen molar-refractivity contribution >= 4 is 11.9 Å². The number of H-pyrrole nitrogens is 1. The van der Waals surface area contributed by atoms with Crippen LogP contribution in [-0.4, -0.2) is 75.5 Å². The fourth-order valence-electron chi connectivity index (χ4n) is 4.50. The van der Waals surface area contributed by atoms with Crippen LogP contribution in [0.2, 0.25) is 0 Å². The second kappa shape index (κ2) is 8.57.